The monoisotopic (exact) mass is 260 g/mol. The third-order valence-corrected chi connectivity index (χ3v) is 3.01. The predicted octanol–water partition coefficient (Wildman–Crippen LogP) is 2.98. The number of rotatable bonds is 5. The summed E-state index contributed by atoms with van der Waals surface area (Å²) in [5.41, 5.74) is 1.75. The quantitative estimate of drug-likeness (QED) is 0.895. The Labute approximate surface area is 112 Å². The van der Waals surface area contributed by atoms with Gasteiger partial charge in [0.1, 0.15) is 11.6 Å². The van der Waals surface area contributed by atoms with Crippen LogP contribution in [0.4, 0.5) is 4.39 Å². The SMILES string of the molecule is COc1ccccc1CC(O)Cc1cccc(F)c1. The van der Waals surface area contributed by atoms with Gasteiger partial charge < -0.3 is 9.84 Å². The van der Waals surface area contributed by atoms with Gasteiger partial charge in [0, 0.05) is 6.42 Å². The van der Waals surface area contributed by atoms with E-state index in [9.17, 15) is 9.50 Å². The second kappa shape index (κ2) is 6.34. The average Bonchev–Trinajstić information content (AvgIpc) is 2.39. The van der Waals surface area contributed by atoms with Gasteiger partial charge in [-0.2, -0.15) is 0 Å². The van der Waals surface area contributed by atoms with Crippen molar-refractivity contribution in [1.82, 2.24) is 0 Å². The van der Waals surface area contributed by atoms with Crippen molar-refractivity contribution in [3.63, 3.8) is 0 Å². The summed E-state index contributed by atoms with van der Waals surface area (Å²) in [5.74, 6) is 0.489. The number of hydrogen-bond donors (Lipinski definition) is 1. The van der Waals surface area contributed by atoms with E-state index in [2.05, 4.69) is 0 Å². The highest BCUT2D eigenvalue weighted by Crippen LogP contribution is 2.20. The van der Waals surface area contributed by atoms with E-state index in [4.69, 9.17) is 4.74 Å². The molecule has 0 radical (unpaired) electrons. The first-order valence-electron chi connectivity index (χ1n) is 6.23. The van der Waals surface area contributed by atoms with E-state index in [-0.39, 0.29) is 5.82 Å². The van der Waals surface area contributed by atoms with E-state index >= 15 is 0 Å². The minimum atomic E-state index is -0.557. The Balaban J connectivity index is 2.03. The number of halogens is 1. The number of benzene rings is 2. The summed E-state index contributed by atoms with van der Waals surface area (Å²) in [4.78, 5) is 0. The van der Waals surface area contributed by atoms with Gasteiger partial charge in [-0.3, -0.25) is 0 Å². The molecule has 0 aliphatic heterocycles. The Morgan fingerprint density at radius 2 is 1.89 bits per heavy atom. The molecule has 0 heterocycles. The topological polar surface area (TPSA) is 29.5 Å². The fourth-order valence-corrected chi connectivity index (χ4v) is 2.13. The fourth-order valence-electron chi connectivity index (χ4n) is 2.13. The van der Waals surface area contributed by atoms with Crippen molar-refractivity contribution in [1.29, 1.82) is 0 Å². The fraction of sp³-hybridized carbons (Fsp3) is 0.250. The van der Waals surface area contributed by atoms with Crippen LogP contribution in [0.1, 0.15) is 11.1 Å². The molecule has 2 aromatic rings. The maximum atomic E-state index is 13.1. The molecule has 1 atom stereocenters. The third kappa shape index (κ3) is 3.80. The van der Waals surface area contributed by atoms with Gasteiger partial charge in [-0.1, -0.05) is 30.3 Å². The largest absolute Gasteiger partial charge is 0.496 e. The van der Waals surface area contributed by atoms with Crippen molar-refractivity contribution >= 4 is 0 Å². The summed E-state index contributed by atoms with van der Waals surface area (Å²) in [6.07, 6.45) is 0.356. The molecule has 1 N–H and O–H groups in total. The third-order valence-electron chi connectivity index (χ3n) is 3.01. The Hall–Kier alpha value is -1.87. The summed E-state index contributed by atoms with van der Waals surface area (Å²) in [5, 5.41) is 10.1. The first kappa shape index (κ1) is 13.6. The normalized spacial score (nSPS) is 12.2. The van der Waals surface area contributed by atoms with Gasteiger partial charge in [-0.05, 0) is 35.7 Å². The molecule has 0 aliphatic carbocycles. The first-order chi connectivity index (χ1) is 9.19. The van der Waals surface area contributed by atoms with E-state index in [1.165, 1.54) is 12.1 Å². The maximum absolute atomic E-state index is 13.1. The van der Waals surface area contributed by atoms with Gasteiger partial charge in [0.25, 0.3) is 0 Å². The van der Waals surface area contributed by atoms with E-state index in [0.717, 1.165) is 16.9 Å². The van der Waals surface area contributed by atoms with E-state index < -0.39 is 6.10 Å². The van der Waals surface area contributed by atoms with Crippen LogP contribution in [0.2, 0.25) is 0 Å². The van der Waals surface area contributed by atoms with Crippen molar-refractivity contribution in [2.75, 3.05) is 7.11 Å². The molecule has 0 aliphatic rings. The predicted molar refractivity (Wildman–Crippen MR) is 72.8 cm³/mol. The highest BCUT2D eigenvalue weighted by molar-refractivity contribution is 5.34. The second-order valence-corrected chi connectivity index (χ2v) is 4.50. The zero-order valence-corrected chi connectivity index (χ0v) is 10.8. The minimum Gasteiger partial charge on any atom is -0.496 e. The summed E-state index contributed by atoms with van der Waals surface area (Å²) in [7, 11) is 1.61. The second-order valence-electron chi connectivity index (χ2n) is 4.50. The summed E-state index contributed by atoms with van der Waals surface area (Å²) in [6.45, 7) is 0. The van der Waals surface area contributed by atoms with E-state index in [0.29, 0.717) is 12.8 Å². The molecule has 1 unspecified atom stereocenters. The molecule has 0 amide bonds. The van der Waals surface area contributed by atoms with Gasteiger partial charge in [0.05, 0.1) is 13.2 Å². The van der Waals surface area contributed by atoms with Gasteiger partial charge in [-0.15, -0.1) is 0 Å². The van der Waals surface area contributed by atoms with Crippen molar-refractivity contribution < 1.29 is 14.2 Å². The van der Waals surface area contributed by atoms with Crippen molar-refractivity contribution in [3.05, 3.63) is 65.5 Å². The molecule has 100 valence electrons. The van der Waals surface area contributed by atoms with Crippen molar-refractivity contribution in [2.24, 2.45) is 0 Å². The summed E-state index contributed by atoms with van der Waals surface area (Å²) < 4.78 is 18.3. The number of aliphatic hydroxyl groups is 1. The van der Waals surface area contributed by atoms with Crippen LogP contribution in [-0.4, -0.2) is 18.3 Å². The molecule has 0 saturated heterocycles. The van der Waals surface area contributed by atoms with Crippen LogP contribution < -0.4 is 4.74 Å². The Kier molecular flexibility index (Phi) is 4.53. The maximum Gasteiger partial charge on any atom is 0.123 e. The molecular formula is C16H17FO2. The van der Waals surface area contributed by atoms with Gasteiger partial charge in [-0.25, -0.2) is 4.39 Å². The molecule has 2 aromatic carbocycles. The molecule has 2 nitrogen and oxygen atoms in total. The van der Waals surface area contributed by atoms with Gasteiger partial charge in [0.2, 0.25) is 0 Å². The first-order valence-corrected chi connectivity index (χ1v) is 6.23. The van der Waals surface area contributed by atoms with Gasteiger partial charge >= 0.3 is 0 Å². The van der Waals surface area contributed by atoms with Crippen molar-refractivity contribution in [3.8, 4) is 5.75 Å². The highest BCUT2D eigenvalue weighted by atomic mass is 19.1. The lowest BCUT2D eigenvalue weighted by atomic mass is 10.0. The lowest BCUT2D eigenvalue weighted by Gasteiger charge is -2.13. The lowest BCUT2D eigenvalue weighted by Crippen LogP contribution is -2.14. The van der Waals surface area contributed by atoms with Crippen LogP contribution in [-0.2, 0) is 12.8 Å². The van der Waals surface area contributed by atoms with Crippen LogP contribution in [0.15, 0.2) is 48.5 Å². The average molecular weight is 260 g/mol. The van der Waals surface area contributed by atoms with E-state index in [1.807, 2.05) is 30.3 Å². The van der Waals surface area contributed by atoms with Crippen LogP contribution in [0, 0.1) is 5.82 Å². The van der Waals surface area contributed by atoms with Crippen LogP contribution in [0.5, 0.6) is 5.75 Å². The minimum absolute atomic E-state index is 0.276. The van der Waals surface area contributed by atoms with Crippen LogP contribution in [0.25, 0.3) is 0 Å². The smallest absolute Gasteiger partial charge is 0.123 e. The molecule has 0 aromatic heterocycles. The molecule has 0 bridgehead atoms. The van der Waals surface area contributed by atoms with E-state index in [1.54, 1.807) is 13.2 Å². The van der Waals surface area contributed by atoms with Crippen LogP contribution in [0.3, 0.4) is 0 Å². The van der Waals surface area contributed by atoms with Gasteiger partial charge in [0.15, 0.2) is 0 Å². The zero-order valence-electron chi connectivity index (χ0n) is 10.8. The highest BCUT2D eigenvalue weighted by Gasteiger charge is 2.10. The zero-order chi connectivity index (χ0) is 13.7. The molecular weight excluding hydrogens is 243 g/mol. The molecule has 3 heteroatoms. The Morgan fingerprint density at radius 1 is 1.11 bits per heavy atom. The number of methoxy groups -OCH3 is 1. The Bertz CT molecular complexity index is 540. The van der Waals surface area contributed by atoms with Crippen LogP contribution >= 0.6 is 0 Å². The number of aliphatic hydroxyl groups excluding tert-OH is 1. The summed E-state index contributed by atoms with van der Waals surface area (Å²) >= 11 is 0. The number of hydrogen-bond acceptors (Lipinski definition) is 2. The number of para-hydroxylation sites is 1. The summed E-state index contributed by atoms with van der Waals surface area (Å²) in [6, 6.07) is 13.9. The molecule has 2 rings (SSSR count). The standard InChI is InChI=1S/C16H17FO2/c1-19-16-8-3-2-6-13(16)11-15(18)10-12-5-4-7-14(17)9-12/h2-9,15,18H,10-11H2,1H3. The van der Waals surface area contributed by atoms with Crippen molar-refractivity contribution in [2.45, 2.75) is 18.9 Å². The lowest BCUT2D eigenvalue weighted by molar-refractivity contribution is 0.174. The molecule has 0 fully saturated rings. The molecule has 0 saturated carbocycles. The number of ether oxygens (including phenoxy) is 1. The Morgan fingerprint density at radius 3 is 2.63 bits per heavy atom. The molecule has 0 spiro atoms. The molecule has 19 heavy (non-hydrogen) atoms.